The summed E-state index contributed by atoms with van der Waals surface area (Å²) in [6, 6.07) is 7.30. The van der Waals surface area contributed by atoms with Crippen LogP contribution in [0.1, 0.15) is 18.7 Å². The van der Waals surface area contributed by atoms with Crippen molar-refractivity contribution in [2.75, 3.05) is 0 Å². The molecule has 0 atom stereocenters. The summed E-state index contributed by atoms with van der Waals surface area (Å²) in [5, 5.41) is 10.5. The van der Waals surface area contributed by atoms with Gasteiger partial charge in [0.2, 0.25) is 0 Å². The van der Waals surface area contributed by atoms with Gasteiger partial charge in [-0.15, -0.1) is 11.3 Å². The summed E-state index contributed by atoms with van der Waals surface area (Å²) < 4.78 is 1.38. The molecule has 0 bridgehead atoms. The van der Waals surface area contributed by atoms with Crippen molar-refractivity contribution in [1.29, 1.82) is 0 Å². The summed E-state index contributed by atoms with van der Waals surface area (Å²) in [6.45, 7) is 5.18. The third-order valence-corrected chi connectivity index (χ3v) is 5.40. The summed E-state index contributed by atoms with van der Waals surface area (Å²) in [5.74, 6) is -0.959. The molecule has 25 heavy (non-hydrogen) atoms. The number of benzene rings is 1. The van der Waals surface area contributed by atoms with Gasteiger partial charge in [0, 0.05) is 22.0 Å². The van der Waals surface area contributed by atoms with Crippen LogP contribution in [0.5, 0.6) is 0 Å². The van der Waals surface area contributed by atoms with Gasteiger partial charge in [0.25, 0.3) is 5.56 Å². The van der Waals surface area contributed by atoms with Gasteiger partial charge >= 0.3 is 5.97 Å². The van der Waals surface area contributed by atoms with Crippen molar-refractivity contribution in [2.24, 2.45) is 5.41 Å². The van der Waals surface area contributed by atoms with E-state index in [0.717, 1.165) is 16.0 Å². The smallest absolute Gasteiger partial charge is 0.310 e. The summed E-state index contributed by atoms with van der Waals surface area (Å²) >= 11 is 7.41. The number of aromatic nitrogens is 2. The number of carboxylic acids is 1. The Balaban J connectivity index is 2.21. The zero-order chi connectivity index (χ0) is 18.4. The molecule has 0 spiro atoms. The fourth-order valence-corrected chi connectivity index (χ4v) is 3.84. The Hall–Kier alpha value is -2.18. The molecular formula is C18H17ClN2O3S. The van der Waals surface area contributed by atoms with Crippen LogP contribution in [0, 0.1) is 12.3 Å². The van der Waals surface area contributed by atoms with Gasteiger partial charge in [-0.3, -0.25) is 14.2 Å². The van der Waals surface area contributed by atoms with E-state index in [9.17, 15) is 14.7 Å². The molecule has 0 amide bonds. The fourth-order valence-electron chi connectivity index (χ4n) is 2.71. The highest BCUT2D eigenvalue weighted by Gasteiger charge is 2.29. The number of nitrogens with zero attached hydrogens (tertiary/aromatic N) is 2. The molecule has 0 aliphatic carbocycles. The summed E-state index contributed by atoms with van der Waals surface area (Å²) in [4.78, 5) is 30.4. The Bertz CT molecular complexity index is 1020. The first-order valence-electron chi connectivity index (χ1n) is 7.68. The van der Waals surface area contributed by atoms with Crippen LogP contribution in [0.3, 0.4) is 0 Å². The number of carbonyl (C=O) groups is 1. The lowest BCUT2D eigenvalue weighted by atomic mass is 9.94. The van der Waals surface area contributed by atoms with Crippen LogP contribution in [0.15, 0.2) is 35.4 Å². The number of fused-ring (bicyclic) bond motifs is 1. The molecule has 0 radical (unpaired) electrons. The Labute approximate surface area is 153 Å². The van der Waals surface area contributed by atoms with E-state index in [1.165, 1.54) is 22.2 Å². The third kappa shape index (κ3) is 3.19. The fraction of sp³-hybridized carbons (Fsp3) is 0.278. The van der Waals surface area contributed by atoms with Crippen LogP contribution in [0.2, 0.25) is 5.02 Å². The number of carboxylic acid groups (broad SMARTS) is 1. The van der Waals surface area contributed by atoms with E-state index in [4.69, 9.17) is 11.6 Å². The van der Waals surface area contributed by atoms with Crippen molar-refractivity contribution >= 4 is 39.1 Å². The van der Waals surface area contributed by atoms with E-state index in [2.05, 4.69) is 4.98 Å². The molecule has 0 aliphatic rings. The lowest BCUT2D eigenvalue weighted by molar-refractivity contribution is -0.147. The average molecular weight is 377 g/mol. The molecule has 1 aromatic carbocycles. The van der Waals surface area contributed by atoms with Crippen LogP contribution >= 0.6 is 22.9 Å². The van der Waals surface area contributed by atoms with Crippen LogP contribution in [-0.2, 0) is 11.3 Å². The van der Waals surface area contributed by atoms with Crippen LogP contribution in [-0.4, -0.2) is 20.6 Å². The van der Waals surface area contributed by atoms with Crippen molar-refractivity contribution in [3.05, 3.63) is 50.8 Å². The first kappa shape index (κ1) is 17.6. The second-order valence-electron chi connectivity index (χ2n) is 6.59. The van der Waals surface area contributed by atoms with Gasteiger partial charge in [0.05, 0.1) is 17.1 Å². The summed E-state index contributed by atoms with van der Waals surface area (Å²) in [5.41, 5.74) is 0.428. The van der Waals surface area contributed by atoms with Crippen molar-refractivity contribution in [2.45, 2.75) is 27.3 Å². The molecule has 7 heteroatoms. The zero-order valence-electron chi connectivity index (χ0n) is 14.0. The number of thiophene rings is 1. The van der Waals surface area contributed by atoms with Gasteiger partial charge in [0.1, 0.15) is 4.83 Å². The second kappa shape index (κ2) is 6.28. The van der Waals surface area contributed by atoms with Crippen molar-refractivity contribution in [1.82, 2.24) is 9.55 Å². The maximum atomic E-state index is 13.0. The summed E-state index contributed by atoms with van der Waals surface area (Å²) in [6.07, 6.45) is 1.43. The van der Waals surface area contributed by atoms with Gasteiger partial charge in [0.15, 0.2) is 0 Å². The average Bonchev–Trinajstić information content (AvgIpc) is 2.88. The second-order valence-corrected chi connectivity index (χ2v) is 8.23. The van der Waals surface area contributed by atoms with Gasteiger partial charge in [-0.05, 0) is 38.5 Å². The van der Waals surface area contributed by atoms with E-state index in [0.29, 0.717) is 15.2 Å². The molecule has 5 nitrogen and oxygen atoms in total. The molecule has 0 saturated carbocycles. The lowest BCUT2D eigenvalue weighted by Gasteiger charge is -2.20. The molecule has 0 saturated heterocycles. The number of aliphatic carboxylic acids is 1. The monoisotopic (exact) mass is 376 g/mol. The molecule has 2 aromatic heterocycles. The molecule has 3 aromatic rings. The van der Waals surface area contributed by atoms with E-state index in [1.807, 2.05) is 19.1 Å². The first-order valence-corrected chi connectivity index (χ1v) is 8.88. The molecule has 0 unspecified atom stereocenters. The molecule has 1 N–H and O–H groups in total. The van der Waals surface area contributed by atoms with Crippen molar-refractivity contribution in [3.8, 4) is 11.1 Å². The highest BCUT2D eigenvalue weighted by Crippen LogP contribution is 2.36. The molecule has 0 fully saturated rings. The van der Waals surface area contributed by atoms with Crippen LogP contribution < -0.4 is 5.56 Å². The Morgan fingerprint density at radius 2 is 1.96 bits per heavy atom. The third-order valence-electron chi connectivity index (χ3n) is 4.13. The Kier molecular flexibility index (Phi) is 4.43. The highest BCUT2D eigenvalue weighted by atomic mass is 35.5. The summed E-state index contributed by atoms with van der Waals surface area (Å²) in [7, 11) is 0. The van der Waals surface area contributed by atoms with Gasteiger partial charge in [-0.1, -0.05) is 23.7 Å². The van der Waals surface area contributed by atoms with E-state index >= 15 is 0 Å². The molecule has 3 rings (SSSR count). The van der Waals surface area contributed by atoms with Crippen LogP contribution in [0.25, 0.3) is 21.3 Å². The maximum absolute atomic E-state index is 13.0. The van der Waals surface area contributed by atoms with Gasteiger partial charge in [-0.2, -0.15) is 0 Å². The molecule has 0 aliphatic heterocycles. The first-order chi connectivity index (χ1) is 11.7. The van der Waals surface area contributed by atoms with Crippen molar-refractivity contribution in [3.63, 3.8) is 0 Å². The maximum Gasteiger partial charge on any atom is 0.310 e. The number of halogens is 1. The number of hydrogen-bond donors (Lipinski definition) is 1. The van der Waals surface area contributed by atoms with Gasteiger partial charge in [-0.25, -0.2) is 4.98 Å². The largest absolute Gasteiger partial charge is 0.481 e. The van der Waals surface area contributed by atoms with Crippen molar-refractivity contribution < 1.29 is 9.90 Å². The topological polar surface area (TPSA) is 72.2 Å². The number of aryl methyl sites for hydroxylation is 1. The van der Waals surface area contributed by atoms with Crippen LogP contribution in [0.4, 0.5) is 0 Å². The number of rotatable bonds is 4. The Morgan fingerprint density at radius 3 is 2.56 bits per heavy atom. The molecule has 2 heterocycles. The normalized spacial score (nSPS) is 11.8. The van der Waals surface area contributed by atoms with E-state index in [1.54, 1.807) is 26.0 Å². The van der Waals surface area contributed by atoms with E-state index < -0.39 is 11.4 Å². The lowest BCUT2D eigenvalue weighted by Crippen LogP contribution is -2.34. The quantitative estimate of drug-likeness (QED) is 0.740. The molecular weight excluding hydrogens is 360 g/mol. The SMILES string of the molecule is Cc1sc2ncn(CC(C)(C)C(=O)O)c(=O)c2c1-c1ccc(Cl)cc1. The standard InChI is InChI=1S/C18H17ClN2O3S/c1-10-13(11-4-6-12(19)7-5-11)14-15(25-10)20-9-21(16(14)22)8-18(2,3)17(23)24/h4-7,9H,8H2,1-3H3,(H,23,24). The van der Waals surface area contributed by atoms with E-state index in [-0.39, 0.29) is 12.1 Å². The predicted molar refractivity (Wildman–Crippen MR) is 100 cm³/mol. The zero-order valence-corrected chi connectivity index (χ0v) is 15.6. The Morgan fingerprint density at radius 1 is 1.32 bits per heavy atom. The van der Waals surface area contributed by atoms with Gasteiger partial charge < -0.3 is 5.11 Å². The predicted octanol–water partition coefficient (Wildman–Crippen LogP) is 4.20. The number of hydrogen-bond acceptors (Lipinski definition) is 4. The molecule has 130 valence electrons. The minimum atomic E-state index is -1.06. The minimum Gasteiger partial charge on any atom is -0.481 e. The minimum absolute atomic E-state index is 0.0546. The highest BCUT2D eigenvalue weighted by molar-refractivity contribution is 7.19.